The average Bonchev–Trinajstić information content (AvgIpc) is 2.83. The molecule has 0 aliphatic carbocycles. The predicted octanol–water partition coefficient (Wildman–Crippen LogP) is 2.22. The number of anilines is 1. The van der Waals surface area contributed by atoms with E-state index in [-0.39, 0.29) is 42.3 Å². The third-order valence-electron chi connectivity index (χ3n) is 5.33. The number of hydrogen-bond donors (Lipinski definition) is 2. The zero-order valence-corrected chi connectivity index (χ0v) is 19.2. The quantitative estimate of drug-likeness (QED) is 0.577. The van der Waals surface area contributed by atoms with Crippen molar-refractivity contribution in [2.75, 3.05) is 31.6 Å². The number of carbonyl (C=O) groups excluding carboxylic acids is 2. The number of sulfonamides is 1. The molecule has 0 unspecified atom stereocenters. The number of piperidine rings is 1. The van der Waals surface area contributed by atoms with E-state index in [4.69, 9.17) is 11.2 Å². The zero-order chi connectivity index (χ0) is 23.8. The molecule has 0 radical (unpaired) electrons. The summed E-state index contributed by atoms with van der Waals surface area (Å²) in [4.78, 5) is 24.8. The summed E-state index contributed by atoms with van der Waals surface area (Å²) in [5, 5.41) is 5.32. The number of hydrogen-bond acceptors (Lipinski definition) is 5. The van der Waals surface area contributed by atoms with Gasteiger partial charge < -0.3 is 15.4 Å². The van der Waals surface area contributed by atoms with E-state index in [2.05, 4.69) is 16.6 Å². The number of nitrogens with zero attached hydrogens (tertiary/aromatic N) is 1. The van der Waals surface area contributed by atoms with Crippen LogP contribution in [0.3, 0.4) is 0 Å². The van der Waals surface area contributed by atoms with Crippen molar-refractivity contribution in [3.63, 3.8) is 0 Å². The van der Waals surface area contributed by atoms with E-state index in [0.29, 0.717) is 36.4 Å². The Morgan fingerprint density at radius 3 is 2.48 bits per heavy atom. The van der Waals surface area contributed by atoms with Crippen molar-refractivity contribution in [3.05, 3.63) is 54.1 Å². The fourth-order valence-electron chi connectivity index (χ4n) is 3.59. The molecule has 0 saturated carbocycles. The van der Waals surface area contributed by atoms with Crippen LogP contribution in [0.1, 0.15) is 25.3 Å². The molecule has 2 aromatic rings. The Kier molecular flexibility index (Phi) is 8.09. The summed E-state index contributed by atoms with van der Waals surface area (Å²) in [6.07, 6.45) is 6.12. The van der Waals surface area contributed by atoms with Crippen molar-refractivity contribution in [2.45, 2.75) is 24.7 Å². The Hall–Kier alpha value is -3.35. The van der Waals surface area contributed by atoms with Gasteiger partial charge in [0.2, 0.25) is 21.8 Å². The minimum Gasteiger partial charge on any atom is -0.494 e. The summed E-state index contributed by atoms with van der Waals surface area (Å²) in [5.74, 6) is 2.12. The maximum absolute atomic E-state index is 12.9. The first-order valence-corrected chi connectivity index (χ1v) is 12.1. The van der Waals surface area contributed by atoms with Crippen LogP contribution in [-0.4, -0.2) is 50.8 Å². The Balaban J connectivity index is 1.48. The topological polar surface area (TPSA) is 105 Å². The summed E-state index contributed by atoms with van der Waals surface area (Å²) >= 11 is 0. The van der Waals surface area contributed by atoms with Crippen molar-refractivity contribution in [1.29, 1.82) is 0 Å². The molecule has 33 heavy (non-hydrogen) atoms. The van der Waals surface area contributed by atoms with Crippen LogP contribution >= 0.6 is 0 Å². The third-order valence-corrected chi connectivity index (χ3v) is 7.25. The van der Waals surface area contributed by atoms with Gasteiger partial charge in [-0.3, -0.25) is 9.59 Å². The minimum atomic E-state index is -3.64. The molecule has 1 fully saturated rings. The van der Waals surface area contributed by atoms with Crippen LogP contribution in [0.25, 0.3) is 0 Å². The van der Waals surface area contributed by atoms with Crippen molar-refractivity contribution >= 4 is 27.5 Å². The number of amides is 2. The molecule has 174 valence electrons. The van der Waals surface area contributed by atoms with E-state index in [1.54, 1.807) is 36.4 Å². The second-order valence-electron chi connectivity index (χ2n) is 7.57. The number of rotatable bonds is 8. The molecule has 2 N–H and O–H groups in total. The second kappa shape index (κ2) is 11.0. The molecule has 1 aliphatic heterocycles. The fraction of sp³-hybridized carbons (Fsp3) is 0.333. The van der Waals surface area contributed by atoms with Gasteiger partial charge in [-0.2, -0.15) is 4.31 Å². The maximum atomic E-state index is 12.9. The first kappa shape index (κ1) is 24.3. The molecule has 0 atom stereocenters. The standard InChI is InChI=1S/C24H27N3O5S/c1-3-18-6-5-7-20(16-18)26-23(28)17-25-24(29)19-12-14-27(15-13-19)33(30,31)22-10-8-21(9-11-22)32-4-2/h1,5-11,16,19H,4,12-15,17H2,2H3,(H,25,29)(H,26,28). The van der Waals surface area contributed by atoms with Gasteiger partial charge >= 0.3 is 0 Å². The molecular formula is C24H27N3O5S. The van der Waals surface area contributed by atoms with Crippen LogP contribution in [0.2, 0.25) is 0 Å². The maximum Gasteiger partial charge on any atom is 0.243 e. The molecule has 3 rings (SSSR count). The van der Waals surface area contributed by atoms with Crippen LogP contribution < -0.4 is 15.4 Å². The molecule has 9 heteroatoms. The molecule has 8 nitrogen and oxygen atoms in total. The largest absolute Gasteiger partial charge is 0.494 e. The lowest BCUT2D eigenvalue weighted by atomic mass is 9.97. The third kappa shape index (κ3) is 6.34. The average molecular weight is 470 g/mol. The van der Waals surface area contributed by atoms with E-state index in [1.807, 2.05) is 6.92 Å². The Bertz CT molecular complexity index is 1130. The number of terminal acetylenes is 1. The van der Waals surface area contributed by atoms with Crippen LogP contribution in [0.4, 0.5) is 5.69 Å². The molecule has 2 amide bonds. The molecule has 1 heterocycles. The summed E-state index contributed by atoms with van der Waals surface area (Å²) in [6, 6.07) is 13.2. The van der Waals surface area contributed by atoms with Crippen molar-refractivity contribution in [3.8, 4) is 18.1 Å². The Morgan fingerprint density at radius 1 is 1.15 bits per heavy atom. The Morgan fingerprint density at radius 2 is 1.85 bits per heavy atom. The number of benzene rings is 2. The number of carbonyl (C=O) groups is 2. The summed E-state index contributed by atoms with van der Waals surface area (Å²) in [7, 11) is -3.64. The van der Waals surface area contributed by atoms with Crippen molar-refractivity contribution < 1.29 is 22.7 Å². The van der Waals surface area contributed by atoms with E-state index >= 15 is 0 Å². The summed E-state index contributed by atoms with van der Waals surface area (Å²) in [6.45, 7) is 2.65. The molecule has 1 saturated heterocycles. The monoisotopic (exact) mass is 469 g/mol. The van der Waals surface area contributed by atoms with Crippen molar-refractivity contribution in [2.24, 2.45) is 5.92 Å². The van der Waals surface area contributed by atoms with E-state index in [9.17, 15) is 18.0 Å². The highest BCUT2D eigenvalue weighted by molar-refractivity contribution is 7.89. The van der Waals surface area contributed by atoms with E-state index in [1.165, 1.54) is 16.4 Å². The summed E-state index contributed by atoms with van der Waals surface area (Å²) < 4.78 is 32.5. The van der Waals surface area contributed by atoms with Gasteiger partial charge in [-0.25, -0.2) is 8.42 Å². The summed E-state index contributed by atoms with van der Waals surface area (Å²) in [5.41, 5.74) is 1.20. The molecule has 2 aromatic carbocycles. The van der Waals surface area contributed by atoms with Gasteiger partial charge in [-0.1, -0.05) is 12.0 Å². The van der Waals surface area contributed by atoms with Crippen LogP contribution in [0.15, 0.2) is 53.4 Å². The van der Waals surface area contributed by atoms with Crippen LogP contribution in [-0.2, 0) is 19.6 Å². The van der Waals surface area contributed by atoms with Gasteiger partial charge in [0.15, 0.2) is 0 Å². The SMILES string of the molecule is C#Cc1cccc(NC(=O)CNC(=O)C2CCN(S(=O)(=O)c3ccc(OCC)cc3)CC2)c1. The van der Waals surface area contributed by atoms with E-state index < -0.39 is 10.0 Å². The van der Waals surface area contributed by atoms with E-state index in [0.717, 1.165) is 0 Å². The van der Waals surface area contributed by atoms with Gasteiger partial charge in [0.1, 0.15) is 5.75 Å². The predicted molar refractivity (Wildman–Crippen MR) is 125 cm³/mol. The van der Waals surface area contributed by atoms with Gasteiger partial charge in [-0.05, 0) is 62.2 Å². The van der Waals surface area contributed by atoms with Crippen LogP contribution in [0, 0.1) is 18.3 Å². The molecule has 0 spiro atoms. The highest BCUT2D eigenvalue weighted by Gasteiger charge is 2.32. The van der Waals surface area contributed by atoms with Crippen molar-refractivity contribution in [1.82, 2.24) is 9.62 Å². The van der Waals surface area contributed by atoms with Gasteiger partial charge in [0, 0.05) is 30.3 Å². The van der Waals surface area contributed by atoms with Crippen LogP contribution in [0.5, 0.6) is 5.75 Å². The lowest BCUT2D eigenvalue weighted by Crippen LogP contribution is -2.44. The molecule has 1 aliphatic rings. The first-order valence-electron chi connectivity index (χ1n) is 10.7. The highest BCUT2D eigenvalue weighted by Crippen LogP contribution is 2.25. The minimum absolute atomic E-state index is 0.177. The molecule has 0 bridgehead atoms. The first-order chi connectivity index (χ1) is 15.8. The second-order valence-corrected chi connectivity index (χ2v) is 9.51. The van der Waals surface area contributed by atoms with Gasteiger partial charge in [-0.15, -0.1) is 6.42 Å². The normalized spacial score (nSPS) is 14.8. The fourth-order valence-corrected chi connectivity index (χ4v) is 5.06. The molecular weight excluding hydrogens is 442 g/mol. The Labute approximate surface area is 194 Å². The lowest BCUT2D eigenvalue weighted by Gasteiger charge is -2.30. The highest BCUT2D eigenvalue weighted by atomic mass is 32.2. The lowest BCUT2D eigenvalue weighted by molar-refractivity contribution is -0.128. The van der Waals surface area contributed by atoms with Gasteiger partial charge in [0.25, 0.3) is 0 Å². The number of nitrogens with one attached hydrogen (secondary N) is 2. The zero-order valence-electron chi connectivity index (χ0n) is 18.4. The smallest absolute Gasteiger partial charge is 0.243 e. The molecule has 0 aromatic heterocycles. The van der Waals surface area contributed by atoms with Gasteiger partial charge in [0.05, 0.1) is 18.0 Å². The number of ether oxygens (including phenoxy) is 1.